The van der Waals surface area contributed by atoms with Crippen LogP contribution in [0.4, 0.5) is 0 Å². The van der Waals surface area contributed by atoms with E-state index in [0.717, 1.165) is 89.0 Å². The van der Waals surface area contributed by atoms with E-state index in [9.17, 15) is 0 Å². The molecular weight excluding hydrogens is 450 g/mol. The molecule has 0 spiro atoms. The molecule has 0 bridgehead atoms. The molecule has 0 unspecified atom stereocenters. The molecule has 7 nitrogen and oxygen atoms in total. The molecule has 36 heavy (non-hydrogen) atoms. The van der Waals surface area contributed by atoms with Crippen LogP contribution in [0, 0.1) is 6.92 Å². The molecule has 4 aromatic rings. The third-order valence-electron chi connectivity index (χ3n) is 6.10. The van der Waals surface area contributed by atoms with E-state index in [-0.39, 0.29) is 0 Å². The Kier molecular flexibility index (Phi) is 7.26. The molecule has 0 atom stereocenters. The Balaban J connectivity index is 1.21. The Labute approximate surface area is 211 Å². The monoisotopic (exact) mass is 479 g/mol. The second kappa shape index (κ2) is 11.1. The summed E-state index contributed by atoms with van der Waals surface area (Å²) in [6.45, 7) is 2.46. The fourth-order valence-corrected chi connectivity index (χ4v) is 4.31. The van der Waals surface area contributed by atoms with Gasteiger partial charge in [-0.2, -0.15) is 0 Å². The lowest BCUT2D eigenvalue weighted by Crippen LogP contribution is -2.16. The number of hydrogen-bond acceptors (Lipinski definition) is 7. The van der Waals surface area contributed by atoms with Gasteiger partial charge in [0.2, 0.25) is 0 Å². The molecule has 0 N–H and O–H groups in total. The van der Waals surface area contributed by atoms with E-state index in [4.69, 9.17) is 19.5 Å². The van der Waals surface area contributed by atoms with Gasteiger partial charge < -0.3 is 9.57 Å². The quantitative estimate of drug-likeness (QED) is 0.241. The summed E-state index contributed by atoms with van der Waals surface area (Å²) in [5.41, 5.74) is 7.48. The van der Waals surface area contributed by atoms with Crippen molar-refractivity contribution < 1.29 is 9.57 Å². The van der Waals surface area contributed by atoms with Crippen LogP contribution in [0.15, 0.2) is 72.0 Å². The number of aromatic nitrogens is 4. The SMILES string of the molecule is COc1cc(C)nc(-c2cccc(CCCO/N=C3\CCCc4cnc(-c5ccccc5)nc43)n2)c1. The van der Waals surface area contributed by atoms with E-state index in [1.54, 1.807) is 7.11 Å². The maximum Gasteiger partial charge on any atom is 0.159 e. The number of oxime groups is 1. The number of nitrogens with zero attached hydrogens (tertiary/aromatic N) is 5. The summed E-state index contributed by atoms with van der Waals surface area (Å²) in [5.74, 6) is 1.50. The lowest BCUT2D eigenvalue weighted by Gasteiger charge is -2.17. The molecule has 3 heterocycles. The van der Waals surface area contributed by atoms with Crippen LogP contribution in [0.1, 0.15) is 41.9 Å². The highest BCUT2D eigenvalue weighted by Crippen LogP contribution is 2.24. The van der Waals surface area contributed by atoms with Gasteiger partial charge in [-0.3, -0.25) is 9.97 Å². The zero-order valence-corrected chi connectivity index (χ0v) is 20.6. The number of aryl methyl sites for hydroxylation is 3. The zero-order valence-electron chi connectivity index (χ0n) is 20.6. The van der Waals surface area contributed by atoms with Crippen molar-refractivity contribution in [2.75, 3.05) is 13.7 Å². The summed E-state index contributed by atoms with van der Waals surface area (Å²) in [4.78, 5) is 24.5. The highest BCUT2D eigenvalue weighted by molar-refractivity contribution is 6.00. The minimum absolute atomic E-state index is 0.512. The van der Waals surface area contributed by atoms with Crippen LogP contribution in [0.3, 0.4) is 0 Å². The van der Waals surface area contributed by atoms with Crippen LogP contribution in [0.5, 0.6) is 5.75 Å². The van der Waals surface area contributed by atoms with Gasteiger partial charge in [0.1, 0.15) is 18.1 Å². The molecule has 0 saturated heterocycles. The predicted molar refractivity (Wildman–Crippen MR) is 140 cm³/mol. The van der Waals surface area contributed by atoms with E-state index < -0.39 is 0 Å². The number of benzene rings is 1. The van der Waals surface area contributed by atoms with Crippen LogP contribution in [0.2, 0.25) is 0 Å². The smallest absolute Gasteiger partial charge is 0.159 e. The van der Waals surface area contributed by atoms with E-state index >= 15 is 0 Å². The predicted octanol–water partition coefficient (Wildman–Crippen LogP) is 5.61. The molecule has 1 aromatic carbocycles. The average Bonchev–Trinajstić information content (AvgIpc) is 2.93. The van der Waals surface area contributed by atoms with Crippen molar-refractivity contribution in [2.45, 2.75) is 39.0 Å². The minimum Gasteiger partial charge on any atom is -0.497 e. The van der Waals surface area contributed by atoms with Crippen molar-refractivity contribution in [3.63, 3.8) is 0 Å². The summed E-state index contributed by atoms with van der Waals surface area (Å²) in [6.07, 6.45) is 6.37. The standard InChI is InChI=1S/C29H29N5O2/c1-20-17-24(35-2)18-27(31-20)25-14-7-12-23(32-25)13-8-16-36-34-26-15-6-11-22-19-30-29(33-28(22)26)21-9-4-3-5-10-21/h3-5,7,9-10,12,14,17-19H,6,8,11,13,15-16H2,1-2H3/b34-26+. The van der Waals surface area contributed by atoms with Crippen molar-refractivity contribution in [2.24, 2.45) is 5.16 Å². The van der Waals surface area contributed by atoms with Crippen molar-refractivity contribution in [3.05, 3.63) is 89.5 Å². The van der Waals surface area contributed by atoms with Crippen LogP contribution in [0.25, 0.3) is 22.8 Å². The number of rotatable bonds is 8. The number of hydrogen-bond donors (Lipinski definition) is 0. The first kappa shape index (κ1) is 23.6. The van der Waals surface area contributed by atoms with Gasteiger partial charge in [0, 0.05) is 35.3 Å². The molecule has 1 aliphatic rings. The fraction of sp³-hybridized carbons (Fsp3) is 0.276. The molecule has 182 valence electrons. The summed E-state index contributed by atoms with van der Waals surface area (Å²) in [5, 5.41) is 4.47. The van der Waals surface area contributed by atoms with Gasteiger partial charge in [0.05, 0.1) is 24.2 Å². The van der Waals surface area contributed by atoms with Gasteiger partial charge in [0.15, 0.2) is 5.82 Å². The summed E-state index contributed by atoms with van der Waals surface area (Å²) >= 11 is 0. The molecule has 0 aliphatic heterocycles. The Morgan fingerprint density at radius 3 is 2.67 bits per heavy atom. The van der Waals surface area contributed by atoms with Gasteiger partial charge >= 0.3 is 0 Å². The van der Waals surface area contributed by atoms with Crippen LogP contribution >= 0.6 is 0 Å². The third-order valence-corrected chi connectivity index (χ3v) is 6.10. The van der Waals surface area contributed by atoms with Gasteiger partial charge in [-0.05, 0) is 56.7 Å². The maximum absolute atomic E-state index is 5.73. The molecule has 5 rings (SSSR count). The molecule has 1 aliphatic carbocycles. The fourth-order valence-electron chi connectivity index (χ4n) is 4.31. The second-order valence-electron chi connectivity index (χ2n) is 8.81. The average molecular weight is 480 g/mol. The maximum atomic E-state index is 5.73. The Morgan fingerprint density at radius 1 is 0.917 bits per heavy atom. The first-order valence-electron chi connectivity index (χ1n) is 12.3. The van der Waals surface area contributed by atoms with E-state index in [1.807, 2.05) is 73.8 Å². The van der Waals surface area contributed by atoms with Crippen LogP contribution < -0.4 is 4.74 Å². The Bertz CT molecular complexity index is 1370. The van der Waals surface area contributed by atoms with E-state index in [2.05, 4.69) is 15.1 Å². The largest absolute Gasteiger partial charge is 0.497 e. The lowest BCUT2D eigenvalue weighted by molar-refractivity contribution is 0.141. The number of methoxy groups -OCH3 is 1. The number of fused-ring (bicyclic) bond motifs is 1. The van der Waals surface area contributed by atoms with Crippen LogP contribution in [-0.2, 0) is 17.7 Å². The minimum atomic E-state index is 0.512. The van der Waals surface area contributed by atoms with Crippen molar-refractivity contribution in [1.82, 2.24) is 19.9 Å². The van der Waals surface area contributed by atoms with E-state index in [1.165, 1.54) is 0 Å². The van der Waals surface area contributed by atoms with E-state index in [0.29, 0.717) is 6.61 Å². The van der Waals surface area contributed by atoms with Gasteiger partial charge in [-0.25, -0.2) is 9.97 Å². The summed E-state index contributed by atoms with van der Waals surface area (Å²) in [6, 6.07) is 19.9. The zero-order chi connectivity index (χ0) is 24.7. The van der Waals surface area contributed by atoms with Gasteiger partial charge in [-0.15, -0.1) is 0 Å². The molecule has 3 aromatic heterocycles. The third kappa shape index (κ3) is 5.57. The first-order chi connectivity index (χ1) is 17.7. The van der Waals surface area contributed by atoms with Crippen molar-refractivity contribution >= 4 is 5.71 Å². The topological polar surface area (TPSA) is 82.4 Å². The normalized spacial score (nSPS) is 13.9. The highest BCUT2D eigenvalue weighted by atomic mass is 16.6. The highest BCUT2D eigenvalue weighted by Gasteiger charge is 2.19. The Morgan fingerprint density at radius 2 is 1.81 bits per heavy atom. The lowest BCUT2D eigenvalue weighted by atomic mass is 9.95. The van der Waals surface area contributed by atoms with Gasteiger partial charge in [-0.1, -0.05) is 41.6 Å². The molecular formula is C29H29N5O2. The Hall–Kier alpha value is -4.13. The molecule has 0 amide bonds. The summed E-state index contributed by atoms with van der Waals surface area (Å²) < 4.78 is 5.38. The first-order valence-corrected chi connectivity index (χ1v) is 12.3. The van der Waals surface area contributed by atoms with Crippen molar-refractivity contribution in [1.29, 1.82) is 0 Å². The molecule has 0 radical (unpaired) electrons. The van der Waals surface area contributed by atoms with Crippen LogP contribution in [-0.4, -0.2) is 39.4 Å². The number of ether oxygens (including phenoxy) is 1. The second-order valence-corrected chi connectivity index (χ2v) is 8.81. The molecule has 0 saturated carbocycles. The number of pyridine rings is 2. The van der Waals surface area contributed by atoms with Gasteiger partial charge in [0.25, 0.3) is 0 Å². The molecule has 0 fully saturated rings. The summed E-state index contributed by atoms with van der Waals surface area (Å²) in [7, 11) is 1.66. The van der Waals surface area contributed by atoms with Crippen molar-refractivity contribution in [3.8, 4) is 28.5 Å². The molecule has 7 heteroatoms.